The number of benzene rings is 1. The van der Waals surface area contributed by atoms with E-state index in [0.717, 1.165) is 0 Å². The first-order chi connectivity index (χ1) is 9.58. The van der Waals surface area contributed by atoms with Gasteiger partial charge in [-0.25, -0.2) is 9.37 Å². The highest BCUT2D eigenvalue weighted by molar-refractivity contribution is 5.98. The van der Waals surface area contributed by atoms with Crippen molar-refractivity contribution >= 4 is 17.4 Å². The van der Waals surface area contributed by atoms with E-state index in [-0.39, 0.29) is 11.4 Å². The fourth-order valence-corrected chi connectivity index (χ4v) is 1.83. The third-order valence-electron chi connectivity index (χ3n) is 2.82. The topological polar surface area (TPSA) is 94.0 Å². The third kappa shape index (κ3) is 3.23. The molecule has 1 amide bonds. The summed E-state index contributed by atoms with van der Waals surface area (Å²) in [6.07, 6.45) is 1.90. The SMILES string of the molecule is NC(=O)c1cc(N)cnc1NCCc1ccccc1F. The Hall–Kier alpha value is -2.63. The number of carbonyl (C=O) groups excluding carboxylic acids is 1. The van der Waals surface area contributed by atoms with Gasteiger partial charge >= 0.3 is 0 Å². The highest BCUT2D eigenvalue weighted by Gasteiger charge is 2.10. The van der Waals surface area contributed by atoms with Crippen LogP contribution in [0.3, 0.4) is 0 Å². The van der Waals surface area contributed by atoms with Gasteiger partial charge in [0.25, 0.3) is 5.91 Å². The number of anilines is 2. The lowest BCUT2D eigenvalue weighted by atomic mass is 10.1. The van der Waals surface area contributed by atoms with E-state index in [0.29, 0.717) is 30.0 Å². The number of nitrogens with zero attached hydrogens (tertiary/aromatic N) is 1. The molecular formula is C14H15FN4O. The maximum atomic E-state index is 13.4. The lowest BCUT2D eigenvalue weighted by Gasteiger charge is -2.10. The molecule has 0 unspecified atom stereocenters. The largest absolute Gasteiger partial charge is 0.397 e. The van der Waals surface area contributed by atoms with Gasteiger partial charge in [-0.05, 0) is 24.1 Å². The minimum Gasteiger partial charge on any atom is -0.397 e. The molecule has 5 N–H and O–H groups in total. The summed E-state index contributed by atoms with van der Waals surface area (Å²) >= 11 is 0. The van der Waals surface area contributed by atoms with Crippen molar-refractivity contribution in [1.82, 2.24) is 4.98 Å². The number of hydrogen-bond donors (Lipinski definition) is 3. The average Bonchev–Trinajstić information content (AvgIpc) is 2.42. The first kappa shape index (κ1) is 13.8. The molecule has 1 aromatic carbocycles. The lowest BCUT2D eigenvalue weighted by Crippen LogP contribution is -2.17. The zero-order chi connectivity index (χ0) is 14.5. The predicted octanol–water partition coefficient (Wildman–Crippen LogP) is 1.56. The molecule has 0 radical (unpaired) electrons. The van der Waals surface area contributed by atoms with Crippen molar-refractivity contribution in [3.8, 4) is 0 Å². The predicted molar refractivity (Wildman–Crippen MR) is 75.8 cm³/mol. The number of hydrogen-bond acceptors (Lipinski definition) is 4. The molecule has 0 saturated heterocycles. The first-order valence-corrected chi connectivity index (χ1v) is 6.10. The van der Waals surface area contributed by atoms with Crippen molar-refractivity contribution < 1.29 is 9.18 Å². The highest BCUT2D eigenvalue weighted by Crippen LogP contribution is 2.15. The Kier molecular flexibility index (Phi) is 4.14. The minimum absolute atomic E-state index is 0.221. The summed E-state index contributed by atoms with van der Waals surface area (Å²) < 4.78 is 13.4. The average molecular weight is 274 g/mol. The lowest BCUT2D eigenvalue weighted by molar-refractivity contribution is 0.100. The number of pyridine rings is 1. The fraction of sp³-hybridized carbons (Fsp3) is 0.143. The van der Waals surface area contributed by atoms with Gasteiger partial charge in [0, 0.05) is 6.54 Å². The number of nitrogens with one attached hydrogen (secondary N) is 1. The summed E-state index contributed by atoms with van der Waals surface area (Å²) in [5.74, 6) is -0.518. The summed E-state index contributed by atoms with van der Waals surface area (Å²) in [5.41, 5.74) is 12.0. The summed E-state index contributed by atoms with van der Waals surface area (Å²) in [7, 11) is 0. The molecule has 2 rings (SSSR count). The Balaban J connectivity index is 2.05. The van der Waals surface area contributed by atoms with E-state index in [2.05, 4.69) is 10.3 Å². The van der Waals surface area contributed by atoms with Crippen LogP contribution in [0.5, 0.6) is 0 Å². The van der Waals surface area contributed by atoms with Gasteiger partial charge in [-0.3, -0.25) is 4.79 Å². The van der Waals surface area contributed by atoms with Crippen LogP contribution in [0.15, 0.2) is 36.5 Å². The Morgan fingerprint density at radius 3 is 2.80 bits per heavy atom. The number of amides is 1. The van der Waals surface area contributed by atoms with Gasteiger partial charge in [-0.2, -0.15) is 0 Å². The van der Waals surface area contributed by atoms with Crippen LogP contribution >= 0.6 is 0 Å². The molecule has 0 aliphatic carbocycles. The molecular weight excluding hydrogens is 259 g/mol. The highest BCUT2D eigenvalue weighted by atomic mass is 19.1. The second-order valence-electron chi connectivity index (χ2n) is 4.30. The summed E-state index contributed by atoms with van der Waals surface area (Å²) in [6, 6.07) is 7.99. The van der Waals surface area contributed by atoms with Crippen LogP contribution in [0.4, 0.5) is 15.9 Å². The van der Waals surface area contributed by atoms with Crippen molar-refractivity contribution in [2.45, 2.75) is 6.42 Å². The minimum atomic E-state index is -0.613. The van der Waals surface area contributed by atoms with E-state index in [9.17, 15) is 9.18 Å². The Labute approximate surface area is 115 Å². The van der Waals surface area contributed by atoms with Gasteiger partial charge in [0.1, 0.15) is 11.6 Å². The van der Waals surface area contributed by atoms with Crippen molar-refractivity contribution in [1.29, 1.82) is 0 Å². The van der Waals surface area contributed by atoms with Crippen LogP contribution in [-0.4, -0.2) is 17.4 Å². The number of rotatable bonds is 5. The van der Waals surface area contributed by atoms with E-state index in [1.807, 2.05) is 0 Å². The molecule has 0 aliphatic rings. The van der Waals surface area contributed by atoms with Crippen molar-refractivity contribution in [3.05, 3.63) is 53.5 Å². The second-order valence-corrected chi connectivity index (χ2v) is 4.30. The molecule has 0 aliphatic heterocycles. The molecule has 0 bridgehead atoms. The number of halogens is 1. The van der Waals surface area contributed by atoms with E-state index in [4.69, 9.17) is 11.5 Å². The first-order valence-electron chi connectivity index (χ1n) is 6.10. The van der Waals surface area contributed by atoms with Crippen LogP contribution < -0.4 is 16.8 Å². The Bertz CT molecular complexity index is 630. The molecule has 6 heteroatoms. The zero-order valence-corrected chi connectivity index (χ0v) is 10.8. The zero-order valence-electron chi connectivity index (χ0n) is 10.8. The quantitative estimate of drug-likeness (QED) is 0.771. The van der Waals surface area contributed by atoms with Gasteiger partial charge in [-0.1, -0.05) is 18.2 Å². The maximum absolute atomic E-state index is 13.4. The number of primary amides is 1. The van der Waals surface area contributed by atoms with Crippen LogP contribution in [0.2, 0.25) is 0 Å². The molecule has 0 atom stereocenters. The molecule has 104 valence electrons. The normalized spacial score (nSPS) is 10.2. The Morgan fingerprint density at radius 1 is 1.35 bits per heavy atom. The molecule has 1 heterocycles. The van der Waals surface area contributed by atoms with Crippen LogP contribution in [0.1, 0.15) is 15.9 Å². The molecule has 0 fully saturated rings. The van der Waals surface area contributed by atoms with Crippen LogP contribution in [0, 0.1) is 5.82 Å². The molecule has 0 spiro atoms. The maximum Gasteiger partial charge on any atom is 0.252 e. The summed E-state index contributed by atoms with van der Waals surface area (Å²) in [5, 5.41) is 2.96. The molecule has 5 nitrogen and oxygen atoms in total. The van der Waals surface area contributed by atoms with Crippen molar-refractivity contribution in [2.24, 2.45) is 5.73 Å². The monoisotopic (exact) mass is 274 g/mol. The second kappa shape index (κ2) is 6.01. The van der Waals surface area contributed by atoms with Crippen molar-refractivity contribution in [2.75, 3.05) is 17.6 Å². The van der Waals surface area contributed by atoms with E-state index < -0.39 is 5.91 Å². The van der Waals surface area contributed by atoms with Crippen LogP contribution in [0.25, 0.3) is 0 Å². The summed E-state index contributed by atoms with van der Waals surface area (Å²) in [6.45, 7) is 0.429. The van der Waals surface area contributed by atoms with Gasteiger partial charge in [0.2, 0.25) is 0 Å². The number of carbonyl (C=O) groups is 1. The molecule has 20 heavy (non-hydrogen) atoms. The van der Waals surface area contributed by atoms with Gasteiger partial charge in [-0.15, -0.1) is 0 Å². The van der Waals surface area contributed by atoms with Gasteiger partial charge < -0.3 is 16.8 Å². The fourth-order valence-electron chi connectivity index (χ4n) is 1.83. The third-order valence-corrected chi connectivity index (χ3v) is 2.82. The smallest absolute Gasteiger partial charge is 0.252 e. The van der Waals surface area contributed by atoms with E-state index in [1.54, 1.807) is 18.2 Å². The van der Waals surface area contributed by atoms with Gasteiger partial charge in [0.15, 0.2) is 0 Å². The Morgan fingerprint density at radius 2 is 2.10 bits per heavy atom. The molecule has 1 aromatic heterocycles. The molecule has 0 saturated carbocycles. The van der Waals surface area contributed by atoms with Crippen LogP contribution in [-0.2, 0) is 6.42 Å². The standard InChI is InChI=1S/C14H15FN4O/c15-12-4-2-1-3-9(12)5-6-18-14-11(13(17)20)7-10(16)8-19-14/h1-4,7-8H,5-6,16H2,(H2,17,20)(H,18,19). The number of nitrogens with two attached hydrogens (primary N) is 2. The summed E-state index contributed by atoms with van der Waals surface area (Å²) in [4.78, 5) is 15.3. The van der Waals surface area contributed by atoms with E-state index in [1.165, 1.54) is 18.3 Å². The number of nitrogen functional groups attached to an aromatic ring is 1. The van der Waals surface area contributed by atoms with E-state index >= 15 is 0 Å². The number of aromatic nitrogens is 1. The van der Waals surface area contributed by atoms with Gasteiger partial charge in [0.05, 0.1) is 17.4 Å². The molecule has 2 aromatic rings. The van der Waals surface area contributed by atoms with Crippen molar-refractivity contribution in [3.63, 3.8) is 0 Å².